The molecule has 4 nitrogen and oxygen atoms in total. The standard InChI is InChI=1S/C16H12Cl2N4S/c17-13-7-6-12(8-14(13)18)10-19-22-15(20-21-16(22)23)9-11-4-2-1-3-5-11/h1-8,10H,9H2,(H,21,23)/b19-10-. The Morgan fingerprint density at radius 1 is 1.13 bits per heavy atom. The lowest BCUT2D eigenvalue weighted by atomic mass is 10.1. The van der Waals surface area contributed by atoms with Gasteiger partial charge >= 0.3 is 0 Å². The highest BCUT2D eigenvalue weighted by Gasteiger charge is 2.06. The van der Waals surface area contributed by atoms with Gasteiger partial charge in [0.25, 0.3) is 0 Å². The number of aromatic nitrogens is 3. The van der Waals surface area contributed by atoms with Gasteiger partial charge in [-0.1, -0.05) is 59.6 Å². The van der Waals surface area contributed by atoms with Gasteiger partial charge in [0, 0.05) is 6.42 Å². The minimum Gasteiger partial charge on any atom is -0.250 e. The van der Waals surface area contributed by atoms with Crippen LogP contribution in [0.4, 0.5) is 0 Å². The number of benzene rings is 2. The molecule has 0 atom stereocenters. The lowest BCUT2D eigenvalue weighted by Crippen LogP contribution is -2.00. The molecule has 0 fully saturated rings. The zero-order valence-electron chi connectivity index (χ0n) is 11.9. The number of aromatic amines is 1. The van der Waals surface area contributed by atoms with Gasteiger partial charge in [0.2, 0.25) is 4.77 Å². The second-order valence-electron chi connectivity index (χ2n) is 4.84. The summed E-state index contributed by atoms with van der Waals surface area (Å²) in [7, 11) is 0. The molecule has 1 aromatic heterocycles. The quantitative estimate of drug-likeness (QED) is 0.539. The van der Waals surface area contributed by atoms with Crippen molar-refractivity contribution in [1.82, 2.24) is 14.9 Å². The molecule has 0 aliphatic carbocycles. The molecule has 0 aliphatic rings. The summed E-state index contributed by atoms with van der Waals surface area (Å²) in [5.41, 5.74) is 1.96. The summed E-state index contributed by atoms with van der Waals surface area (Å²) >= 11 is 17.1. The molecule has 116 valence electrons. The molecule has 0 saturated heterocycles. The third kappa shape index (κ3) is 3.88. The number of hydrogen-bond donors (Lipinski definition) is 1. The molecule has 0 saturated carbocycles. The van der Waals surface area contributed by atoms with Crippen LogP contribution in [0.25, 0.3) is 0 Å². The molecule has 2 aromatic carbocycles. The fourth-order valence-corrected chi connectivity index (χ4v) is 2.56. The van der Waals surface area contributed by atoms with E-state index in [1.807, 2.05) is 36.4 Å². The van der Waals surface area contributed by atoms with Crippen molar-refractivity contribution < 1.29 is 0 Å². The van der Waals surface area contributed by atoms with Crippen molar-refractivity contribution >= 4 is 41.6 Å². The van der Waals surface area contributed by atoms with Crippen LogP contribution in [0.5, 0.6) is 0 Å². The van der Waals surface area contributed by atoms with Crippen LogP contribution in [-0.2, 0) is 6.42 Å². The van der Waals surface area contributed by atoms with Crippen LogP contribution in [0, 0.1) is 4.77 Å². The third-order valence-corrected chi connectivity index (χ3v) is 4.19. The van der Waals surface area contributed by atoms with Gasteiger partial charge in [0.05, 0.1) is 16.3 Å². The van der Waals surface area contributed by atoms with E-state index < -0.39 is 0 Å². The fourth-order valence-electron chi connectivity index (χ4n) is 2.05. The number of nitrogens with zero attached hydrogens (tertiary/aromatic N) is 3. The van der Waals surface area contributed by atoms with Crippen molar-refractivity contribution in [2.75, 3.05) is 0 Å². The Labute approximate surface area is 148 Å². The van der Waals surface area contributed by atoms with Crippen molar-refractivity contribution in [2.45, 2.75) is 6.42 Å². The highest BCUT2D eigenvalue weighted by Crippen LogP contribution is 2.21. The van der Waals surface area contributed by atoms with E-state index in [2.05, 4.69) is 15.3 Å². The molecule has 0 aliphatic heterocycles. The lowest BCUT2D eigenvalue weighted by Gasteiger charge is -2.01. The maximum absolute atomic E-state index is 6.00. The van der Waals surface area contributed by atoms with Crippen molar-refractivity contribution in [3.05, 3.63) is 80.3 Å². The Morgan fingerprint density at radius 3 is 2.65 bits per heavy atom. The molecule has 1 heterocycles. The molecule has 0 unspecified atom stereocenters. The SMILES string of the molecule is S=c1[nH]nc(Cc2ccccc2)n1/N=C\c1ccc(Cl)c(Cl)c1. The molecular formula is C16H12Cl2N4S. The van der Waals surface area contributed by atoms with Gasteiger partial charge in [-0.05, 0) is 35.5 Å². The van der Waals surface area contributed by atoms with Gasteiger partial charge in [0.1, 0.15) is 0 Å². The second-order valence-corrected chi connectivity index (χ2v) is 6.04. The maximum Gasteiger partial charge on any atom is 0.216 e. The number of H-pyrrole nitrogens is 1. The average molecular weight is 363 g/mol. The Balaban J connectivity index is 1.88. The number of rotatable bonds is 4. The Morgan fingerprint density at radius 2 is 1.91 bits per heavy atom. The van der Waals surface area contributed by atoms with Gasteiger partial charge in [0.15, 0.2) is 5.82 Å². The van der Waals surface area contributed by atoms with Crippen LogP contribution in [-0.4, -0.2) is 21.1 Å². The first-order chi connectivity index (χ1) is 11.1. The highest BCUT2D eigenvalue weighted by atomic mass is 35.5. The maximum atomic E-state index is 6.00. The molecule has 3 rings (SSSR count). The molecule has 7 heteroatoms. The summed E-state index contributed by atoms with van der Waals surface area (Å²) in [6.07, 6.45) is 2.30. The Hall–Kier alpha value is -1.95. The number of halogens is 2. The fraction of sp³-hybridized carbons (Fsp3) is 0.0625. The third-order valence-electron chi connectivity index (χ3n) is 3.19. The number of hydrogen-bond acceptors (Lipinski definition) is 3. The summed E-state index contributed by atoms with van der Waals surface area (Å²) in [5, 5.41) is 12.4. The summed E-state index contributed by atoms with van der Waals surface area (Å²) in [5.74, 6) is 0.734. The first kappa shape index (κ1) is 15.9. The van der Waals surface area contributed by atoms with Crippen LogP contribution in [0.15, 0.2) is 53.6 Å². The summed E-state index contributed by atoms with van der Waals surface area (Å²) in [4.78, 5) is 0. The van der Waals surface area contributed by atoms with Crippen LogP contribution in [0.2, 0.25) is 10.0 Å². The van der Waals surface area contributed by atoms with Crippen LogP contribution >= 0.6 is 35.4 Å². The minimum atomic E-state index is 0.437. The minimum absolute atomic E-state index is 0.437. The molecule has 3 aromatic rings. The molecular weight excluding hydrogens is 351 g/mol. The van der Waals surface area contributed by atoms with E-state index in [4.69, 9.17) is 35.4 Å². The van der Waals surface area contributed by atoms with E-state index in [-0.39, 0.29) is 0 Å². The number of nitrogens with one attached hydrogen (secondary N) is 1. The summed E-state index contributed by atoms with van der Waals surface area (Å²) in [6, 6.07) is 15.3. The Kier molecular flexibility index (Phi) is 4.91. The van der Waals surface area contributed by atoms with Crippen LogP contribution < -0.4 is 0 Å². The van der Waals surface area contributed by atoms with Crippen molar-refractivity contribution in [3.63, 3.8) is 0 Å². The van der Waals surface area contributed by atoms with Gasteiger partial charge in [-0.2, -0.15) is 14.9 Å². The van der Waals surface area contributed by atoms with E-state index in [9.17, 15) is 0 Å². The summed E-state index contributed by atoms with van der Waals surface area (Å²) < 4.78 is 2.04. The lowest BCUT2D eigenvalue weighted by molar-refractivity contribution is 0.792. The Bertz CT molecular complexity index is 900. The average Bonchev–Trinajstić information content (AvgIpc) is 2.90. The van der Waals surface area contributed by atoms with Crippen LogP contribution in [0.3, 0.4) is 0 Å². The molecule has 0 spiro atoms. The van der Waals surface area contributed by atoms with Gasteiger partial charge < -0.3 is 0 Å². The predicted octanol–water partition coefficient (Wildman–Crippen LogP) is 4.72. The first-order valence-corrected chi connectivity index (χ1v) is 7.99. The van der Waals surface area contributed by atoms with Crippen molar-refractivity contribution in [3.8, 4) is 0 Å². The van der Waals surface area contributed by atoms with Crippen LogP contribution in [0.1, 0.15) is 17.0 Å². The molecule has 0 amide bonds. The largest absolute Gasteiger partial charge is 0.250 e. The molecule has 23 heavy (non-hydrogen) atoms. The molecule has 0 bridgehead atoms. The molecule has 1 N–H and O–H groups in total. The smallest absolute Gasteiger partial charge is 0.216 e. The van der Waals surface area contributed by atoms with Crippen molar-refractivity contribution in [1.29, 1.82) is 0 Å². The summed E-state index contributed by atoms with van der Waals surface area (Å²) in [6.45, 7) is 0. The highest BCUT2D eigenvalue weighted by molar-refractivity contribution is 7.71. The van der Waals surface area contributed by atoms with Gasteiger partial charge in [-0.25, -0.2) is 0 Å². The van der Waals surface area contributed by atoms with E-state index in [1.54, 1.807) is 23.0 Å². The zero-order valence-corrected chi connectivity index (χ0v) is 14.2. The molecule has 0 radical (unpaired) electrons. The van der Waals surface area contributed by atoms with Gasteiger partial charge in [-0.15, -0.1) is 0 Å². The van der Waals surface area contributed by atoms with Crippen molar-refractivity contribution in [2.24, 2.45) is 5.10 Å². The van der Waals surface area contributed by atoms with E-state index in [0.29, 0.717) is 21.2 Å². The van der Waals surface area contributed by atoms with E-state index in [0.717, 1.165) is 17.0 Å². The zero-order chi connectivity index (χ0) is 16.2. The van der Waals surface area contributed by atoms with E-state index in [1.165, 1.54) is 0 Å². The van der Waals surface area contributed by atoms with E-state index >= 15 is 0 Å². The second kappa shape index (κ2) is 7.08. The monoisotopic (exact) mass is 362 g/mol. The topological polar surface area (TPSA) is 46.0 Å². The predicted molar refractivity (Wildman–Crippen MR) is 96.1 cm³/mol. The van der Waals surface area contributed by atoms with Gasteiger partial charge in [-0.3, -0.25) is 5.10 Å². The first-order valence-electron chi connectivity index (χ1n) is 6.83. The normalized spacial score (nSPS) is 11.2.